The van der Waals surface area contributed by atoms with Gasteiger partial charge in [-0.05, 0) is 95.4 Å². The van der Waals surface area contributed by atoms with Gasteiger partial charge in [0.1, 0.15) is 0 Å². The van der Waals surface area contributed by atoms with Crippen LogP contribution in [0.2, 0.25) is 0 Å². The van der Waals surface area contributed by atoms with Crippen LogP contribution >= 0.6 is 45.2 Å². The SMILES string of the molecule is CCN1CCN(CCCCNCc2cc(I)cc(I)c2[O-])CC1.[Na+]. The van der Waals surface area contributed by atoms with Gasteiger partial charge in [0.05, 0.1) is 0 Å². The van der Waals surface area contributed by atoms with E-state index in [0.29, 0.717) is 6.54 Å². The average molecular weight is 565 g/mol. The standard InChI is InChI=1S/C17H27I2N3O.Na/c1-2-21-7-9-22(10-8-21)6-4-3-5-20-13-14-11-15(18)12-16(19)17(14)23;/h11-12,20,23H,2-10,13H2,1H3;/q;+1/p-1. The summed E-state index contributed by atoms with van der Waals surface area (Å²) < 4.78 is 1.95. The van der Waals surface area contributed by atoms with Crippen molar-refractivity contribution in [1.82, 2.24) is 15.1 Å². The second-order valence-electron chi connectivity index (χ2n) is 6.04. The summed E-state index contributed by atoms with van der Waals surface area (Å²) in [5.41, 5.74) is 0.886. The minimum atomic E-state index is 0. The molecule has 0 aliphatic carbocycles. The van der Waals surface area contributed by atoms with Crippen LogP contribution in [-0.2, 0) is 6.54 Å². The molecule has 1 aromatic rings. The van der Waals surface area contributed by atoms with Gasteiger partial charge in [0.2, 0.25) is 0 Å². The van der Waals surface area contributed by atoms with Crippen LogP contribution in [0.3, 0.4) is 0 Å². The number of nitrogens with one attached hydrogen (secondary N) is 1. The summed E-state index contributed by atoms with van der Waals surface area (Å²) in [5.74, 6) is 0.173. The van der Waals surface area contributed by atoms with Crippen molar-refractivity contribution in [3.63, 3.8) is 0 Å². The number of piperazine rings is 1. The van der Waals surface area contributed by atoms with Crippen LogP contribution in [0.5, 0.6) is 5.75 Å². The van der Waals surface area contributed by atoms with E-state index in [9.17, 15) is 5.11 Å². The molecule has 1 N–H and O–H groups in total. The van der Waals surface area contributed by atoms with Crippen molar-refractivity contribution in [2.24, 2.45) is 0 Å². The number of unbranched alkanes of at least 4 members (excludes halogenated alkanes) is 1. The van der Waals surface area contributed by atoms with Gasteiger partial charge < -0.3 is 20.2 Å². The molecule has 0 radical (unpaired) electrons. The molecule has 0 unspecified atom stereocenters. The molecule has 7 heteroatoms. The molecule has 1 aromatic carbocycles. The minimum Gasteiger partial charge on any atom is -0.872 e. The molecule has 0 bridgehead atoms. The van der Waals surface area contributed by atoms with Gasteiger partial charge >= 0.3 is 29.6 Å². The molecule has 130 valence electrons. The van der Waals surface area contributed by atoms with E-state index in [-0.39, 0.29) is 35.3 Å². The van der Waals surface area contributed by atoms with Gasteiger partial charge in [0.15, 0.2) is 0 Å². The summed E-state index contributed by atoms with van der Waals surface area (Å²) in [6.45, 7) is 11.1. The maximum atomic E-state index is 12.0. The number of nitrogens with zero attached hydrogens (tertiary/aromatic N) is 2. The predicted molar refractivity (Wildman–Crippen MR) is 111 cm³/mol. The summed E-state index contributed by atoms with van der Waals surface area (Å²) in [6.07, 6.45) is 2.40. The second kappa shape index (κ2) is 12.7. The number of rotatable bonds is 8. The number of likely N-dealkylation sites (N-methyl/N-ethyl adjacent to an activating group) is 1. The summed E-state index contributed by atoms with van der Waals surface area (Å²) >= 11 is 4.40. The minimum absolute atomic E-state index is 0. The maximum Gasteiger partial charge on any atom is 1.00 e. The molecule has 0 aromatic heterocycles. The van der Waals surface area contributed by atoms with Gasteiger partial charge in [-0.2, -0.15) is 0 Å². The smallest absolute Gasteiger partial charge is 0.872 e. The van der Waals surface area contributed by atoms with E-state index in [1.165, 1.54) is 52.1 Å². The summed E-state index contributed by atoms with van der Waals surface area (Å²) in [5, 5.41) is 15.5. The van der Waals surface area contributed by atoms with Gasteiger partial charge in [-0.15, -0.1) is 0 Å². The molecule has 1 aliphatic rings. The van der Waals surface area contributed by atoms with Gasteiger partial charge in [-0.1, -0.05) is 12.7 Å². The molecule has 0 atom stereocenters. The van der Waals surface area contributed by atoms with E-state index in [1.54, 1.807) is 0 Å². The van der Waals surface area contributed by atoms with Gasteiger partial charge in [0, 0.05) is 39.9 Å². The predicted octanol–water partition coefficient (Wildman–Crippen LogP) is -0.519. The Morgan fingerprint density at radius 1 is 1.08 bits per heavy atom. The first-order valence-electron chi connectivity index (χ1n) is 8.40. The maximum absolute atomic E-state index is 12.0. The van der Waals surface area contributed by atoms with Crippen LogP contribution in [0.1, 0.15) is 25.3 Å². The molecule has 4 nitrogen and oxygen atoms in total. The molecule has 0 spiro atoms. The first kappa shape index (κ1) is 23.4. The monoisotopic (exact) mass is 565 g/mol. The first-order chi connectivity index (χ1) is 11.1. The van der Waals surface area contributed by atoms with E-state index >= 15 is 0 Å². The van der Waals surface area contributed by atoms with E-state index in [0.717, 1.165) is 19.2 Å². The van der Waals surface area contributed by atoms with E-state index in [2.05, 4.69) is 67.2 Å². The Morgan fingerprint density at radius 3 is 2.42 bits per heavy atom. The normalized spacial score (nSPS) is 16.1. The van der Waals surface area contributed by atoms with E-state index in [4.69, 9.17) is 0 Å². The third kappa shape index (κ3) is 7.94. The second-order valence-corrected chi connectivity index (χ2v) is 8.44. The van der Waals surface area contributed by atoms with Crippen molar-refractivity contribution in [1.29, 1.82) is 0 Å². The fourth-order valence-electron chi connectivity index (χ4n) is 2.88. The van der Waals surface area contributed by atoms with Crippen LogP contribution in [0.15, 0.2) is 12.1 Å². The fourth-order valence-corrected chi connectivity index (χ4v) is 4.85. The Hall–Kier alpha value is 1.36. The first-order valence-corrected chi connectivity index (χ1v) is 10.6. The molecule has 1 heterocycles. The molecular formula is C17H26I2N3NaO. The molecule has 1 aliphatic heterocycles. The topological polar surface area (TPSA) is 41.6 Å². The third-order valence-corrected chi connectivity index (χ3v) is 5.81. The summed E-state index contributed by atoms with van der Waals surface area (Å²) in [6, 6.07) is 3.93. The molecule has 2 rings (SSSR count). The molecular weight excluding hydrogens is 539 g/mol. The van der Waals surface area contributed by atoms with Crippen molar-refractivity contribution in [2.75, 3.05) is 45.8 Å². The number of hydrogen-bond acceptors (Lipinski definition) is 4. The Morgan fingerprint density at radius 2 is 1.75 bits per heavy atom. The van der Waals surface area contributed by atoms with Crippen LogP contribution in [-0.4, -0.2) is 55.6 Å². The summed E-state index contributed by atoms with van der Waals surface area (Å²) in [4.78, 5) is 5.09. The van der Waals surface area contributed by atoms with E-state index in [1.807, 2.05) is 12.1 Å². The average Bonchev–Trinajstić information content (AvgIpc) is 2.55. The van der Waals surface area contributed by atoms with Crippen molar-refractivity contribution in [3.8, 4) is 5.75 Å². The van der Waals surface area contributed by atoms with Crippen LogP contribution in [0, 0.1) is 7.14 Å². The fraction of sp³-hybridized carbons (Fsp3) is 0.647. The van der Waals surface area contributed by atoms with Crippen molar-refractivity contribution >= 4 is 45.2 Å². The molecule has 0 amide bonds. The van der Waals surface area contributed by atoms with Crippen LogP contribution in [0.4, 0.5) is 0 Å². The Bertz CT molecular complexity index is 497. The largest absolute Gasteiger partial charge is 1.00 e. The zero-order valence-corrected chi connectivity index (χ0v) is 21.1. The van der Waals surface area contributed by atoms with Crippen molar-refractivity contribution < 1.29 is 34.7 Å². The molecule has 1 fully saturated rings. The van der Waals surface area contributed by atoms with Gasteiger partial charge in [-0.25, -0.2) is 0 Å². The van der Waals surface area contributed by atoms with E-state index < -0.39 is 0 Å². The molecule has 1 saturated heterocycles. The van der Waals surface area contributed by atoms with Crippen molar-refractivity contribution in [3.05, 3.63) is 24.8 Å². The quantitative estimate of drug-likeness (QED) is 0.262. The number of benzene rings is 1. The van der Waals surface area contributed by atoms with Gasteiger partial charge in [0.25, 0.3) is 0 Å². The van der Waals surface area contributed by atoms with Crippen molar-refractivity contribution in [2.45, 2.75) is 26.3 Å². The summed E-state index contributed by atoms with van der Waals surface area (Å²) in [7, 11) is 0. The van der Waals surface area contributed by atoms with Crippen LogP contribution < -0.4 is 40.0 Å². The third-order valence-electron chi connectivity index (χ3n) is 4.39. The Balaban J connectivity index is 0.00000288. The number of halogens is 2. The van der Waals surface area contributed by atoms with Crippen LogP contribution in [0.25, 0.3) is 0 Å². The molecule has 0 saturated carbocycles. The molecule has 24 heavy (non-hydrogen) atoms. The number of hydrogen-bond donors (Lipinski definition) is 1. The zero-order chi connectivity index (χ0) is 16.7. The Labute approximate surface area is 195 Å². The van der Waals surface area contributed by atoms with Gasteiger partial charge in [-0.3, -0.25) is 0 Å². The zero-order valence-electron chi connectivity index (χ0n) is 14.8. The Kier molecular flexibility index (Phi) is 12.4.